The molecule has 1 unspecified atom stereocenters. The summed E-state index contributed by atoms with van der Waals surface area (Å²) in [7, 11) is -2.49. The van der Waals surface area contributed by atoms with E-state index in [1.54, 1.807) is 36.5 Å². The van der Waals surface area contributed by atoms with Crippen LogP contribution in [0.4, 0.5) is 5.69 Å². The summed E-state index contributed by atoms with van der Waals surface area (Å²) in [5.41, 5.74) is 1.10. The summed E-state index contributed by atoms with van der Waals surface area (Å²) in [6.07, 6.45) is 2.66. The smallest absolute Gasteiger partial charge is 0.264 e. The third-order valence-electron chi connectivity index (χ3n) is 6.78. The number of benzene rings is 2. The number of sulfonamides is 1. The first-order valence-electron chi connectivity index (χ1n) is 12.1. The quantitative estimate of drug-likeness (QED) is 0.522. The van der Waals surface area contributed by atoms with Gasteiger partial charge in [0.25, 0.3) is 15.9 Å². The van der Waals surface area contributed by atoms with E-state index in [0.717, 1.165) is 44.7 Å². The Morgan fingerprint density at radius 1 is 1.14 bits per heavy atom. The zero-order valence-corrected chi connectivity index (χ0v) is 21.0. The van der Waals surface area contributed by atoms with Crippen LogP contribution in [0.15, 0.2) is 59.6 Å². The molecule has 3 aromatic rings. The largest absolute Gasteiger partial charge is 0.495 e. The molecule has 0 aliphatic carbocycles. The van der Waals surface area contributed by atoms with E-state index in [2.05, 4.69) is 14.6 Å². The molecule has 0 bridgehead atoms. The number of anilines is 1. The van der Waals surface area contributed by atoms with Gasteiger partial charge >= 0.3 is 0 Å². The van der Waals surface area contributed by atoms with Crippen LogP contribution in [0.25, 0.3) is 10.9 Å². The Hall–Kier alpha value is -3.21. The number of piperazine rings is 1. The summed E-state index contributed by atoms with van der Waals surface area (Å²) in [4.78, 5) is 21.7. The highest BCUT2D eigenvalue weighted by atomic mass is 32.2. The molecular formula is C26H30N4O5S. The van der Waals surface area contributed by atoms with Crippen LogP contribution < -0.4 is 9.46 Å². The van der Waals surface area contributed by atoms with Gasteiger partial charge in [0.1, 0.15) is 10.6 Å². The van der Waals surface area contributed by atoms with Crippen molar-refractivity contribution >= 4 is 32.5 Å². The second-order valence-electron chi connectivity index (χ2n) is 9.17. The topological polar surface area (TPSA) is 101 Å². The zero-order chi connectivity index (χ0) is 25.1. The third kappa shape index (κ3) is 5.16. The first-order valence-corrected chi connectivity index (χ1v) is 13.6. The van der Waals surface area contributed by atoms with Crippen LogP contribution in [0.3, 0.4) is 0 Å². The highest BCUT2D eigenvalue weighted by Crippen LogP contribution is 2.30. The Morgan fingerprint density at radius 2 is 1.94 bits per heavy atom. The maximum absolute atomic E-state index is 13.2. The average molecular weight is 511 g/mol. The number of nitrogens with zero attached hydrogens (tertiary/aromatic N) is 3. The van der Waals surface area contributed by atoms with Crippen molar-refractivity contribution in [1.82, 2.24) is 14.8 Å². The fraction of sp³-hybridized carbons (Fsp3) is 0.385. The number of carbonyl (C=O) groups is 1. The molecule has 1 atom stereocenters. The molecule has 9 nitrogen and oxygen atoms in total. The molecule has 2 saturated heterocycles. The van der Waals surface area contributed by atoms with Crippen molar-refractivity contribution in [2.75, 3.05) is 57.8 Å². The molecule has 5 rings (SSSR count). The summed E-state index contributed by atoms with van der Waals surface area (Å²) in [6, 6.07) is 13.4. The van der Waals surface area contributed by atoms with E-state index in [0.29, 0.717) is 30.1 Å². The molecular weight excluding hydrogens is 480 g/mol. The number of methoxy groups -OCH3 is 1. The van der Waals surface area contributed by atoms with Crippen LogP contribution in [-0.4, -0.2) is 82.2 Å². The van der Waals surface area contributed by atoms with Crippen molar-refractivity contribution in [3.05, 3.63) is 60.3 Å². The molecule has 0 radical (unpaired) electrons. The Kier molecular flexibility index (Phi) is 7.08. The summed E-state index contributed by atoms with van der Waals surface area (Å²) in [5.74, 6) is 0.764. The molecule has 3 heterocycles. The molecule has 2 aliphatic heterocycles. The number of nitrogens with one attached hydrogen (secondary N) is 1. The highest BCUT2D eigenvalue weighted by molar-refractivity contribution is 7.93. The van der Waals surface area contributed by atoms with Crippen LogP contribution >= 0.6 is 0 Å². The number of amides is 1. The summed E-state index contributed by atoms with van der Waals surface area (Å²) < 4.78 is 39.9. The van der Waals surface area contributed by atoms with Gasteiger partial charge in [0.05, 0.1) is 24.9 Å². The van der Waals surface area contributed by atoms with E-state index in [1.165, 1.54) is 13.2 Å². The fourth-order valence-corrected chi connectivity index (χ4v) is 6.06. The number of carbonyl (C=O) groups excluding carboxylic acids is 1. The van der Waals surface area contributed by atoms with Crippen molar-refractivity contribution in [3.8, 4) is 5.75 Å². The molecule has 1 N–H and O–H groups in total. The fourth-order valence-electron chi connectivity index (χ4n) is 4.81. The van der Waals surface area contributed by atoms with Crippen LogP contribution in [0, 0.1) is 5.92 Å². The maximum Gasteiger partial charge on any atom is 0.264 e. The molecule has 2 aromatic carbocycles. The Bertz CT molecular complexity index is 1340. The van der Waals surface area contributed by atoms with Crippen LogP contribution in [-0.2, 0) is 14.8 Å². The van der Waals surface area contributed by atoms with Gasteiger partial charge in [-0.2, -0.15) is 0 Å². The first kappa shape index (κ1) is 24.5. The van der Waals surface area contributed by atoms with E-state index in [1.807, 2.05) is 17.0 Å². The first-order chi connectivity index (χ1) is 17.4. The van der Waals surface area contributed by atoms with Crippen LogP contribution in [0.1, 0.15) is 16.8 Å². The lowest BCUT2D eigenvalue weighted by Gasteiger charge is -2.35. The monoisotopic (exact) mass is 510 g/mol. The second-order valence-corrected chi connectivity index (χ2v) is 10.8. The molecule has 1 aromatic heterocycles. The number of pyridine rings is 1. The molecule has 1 amide bonds. The summed E-state index contributed by atoms with van der Waals surface area (Å²) in [5, 5.41) is 0.727. The molecule has 190 valence electrons. The van der Waals surface area contributed by atoms with E-state index in [9.17, 15) is 13.2 Å². The molecule has 2 fully saturated rings. The maximum atomic E-state index is 13.2. The van der Waals surface area contributed by atoms with E-state index in [4.69, 9.17) is 9.47 Å². The minimum Gasteiger partial charge on any atom is -0.495 e. The van der Waals surface area contributed by atoms with Crippen LogP contribution in [0.2, 0.25) is 0 Å². The standard InChI is InChI=1S/C26H30N4O5S/c1-34-23-16-21(26(31)30-13-11-29(12-14-30)17-19-9-15-35-18-19)7-8-22(23)28-36(32,33)24-6-2-4-20-5-3-10-27-25(20)24/h2-8,10,16,19,28H,9,11-15,17-18H2,1H3. The SMILES string of the molecule is COc1cc(C(=O)N2CCN(CC3CCOC3)CC2)ccc1NS(=O)(=O)c1cccc2cccnc12. The molecule has 10 heteroatoms. The Balaban J connectivity index is 1.29. The van der Waals surface area contributed by atoms with Gasteiger partial charge in [-0.15, -0.1) is 0 Å². The average Bonchev–Trinajstić information content (AvgIpc) is 3.41. The molecule has 36 heavy (non-hydrogen) atoms. The van der Waals surface area contributed by atoms with Crippen molar-refractivity contribution in [2.45, 2.75) is 11.3 Å². The predicted molar refractivity (Wildman–Crippen MR) is 137 cm³/mol. The van der Waals surface area contributed by atoms with Crippen molar-refractivity contribution in [3.63, 3.8) is 0 Å². The summed E-state index contributed by atoms with van der Waals surface area (Å²) in [6.45, 7) is 5.64. The number of para-hydroxylation sites is 1. The predicted octanol–water partition coefficient (Wildman–Crippen LogP) is 2.84. The number of rotatable bonds is 7. The van der Waals surface area contributed by atoms with Crippen molar-refractivity contribution < 1.29 is 22.7 Å². The molecule has 2 aliphatic rings. The lowest BCUT2D eigenvalue weighted by molar-refractivity contribution is 0.0611. The van der Waals surface area contributed by atoms with Gasteiger partial charge in [-0.05, 0) is 42.7 Å². The van der Waals surface area contributed by atoms with Crippen LogP contribution in [0.5, 0.6) is 5.75 Å². The van der Waals surface area contributed by atoms with Crippen molar-refractivity contribution in [1.29, 1.82) is 0 Å². The van der Waals surface area contributed by atoms with E-state index >= 15 is 0 Å². The van der Waals surface area contributed by atoms with E-state index in [-0.39, 0.29) is 22.2 Å². The molecule has 0 saturated carbocycles. The molecule has 0 spiro atoms. The zero-order valence-electron chi connectivity index (χ0n) is 20.2. The number of ether oxygens (including phenoxy) is 2. The number of hydrogen-bond donors (Lipinski definition) is 1. The second kappa shape index (κ2) is 10.4. The van der Waals surface area contributed by atoms with Gasteiger partial charge < -0.3 is 14.4 Å². The summed E-state index contributed by atoms with van der Waals surface area (Å²) >= 11 is 0. The Morgan fingerprint density at radius 3 is 2.69 bits per heavy atom. The van der Waals surface area contributed by atoms with Crippen molar-refractivity contribution in [2.24, 2.45) is 5.92 Å². The minimum atomic E-state index is -3.94. The number of fused-ring (bicyclic) bond motifs is 1. The lowest BCUT2D eigenvalue weighted by atomic mass is 10.1. The minimum absolute atomic E-state index is 0.0739. The third-order valence-corrected chi connectivity index (χ3v) is 8.18. The van der Waals surface area contributed by atoms with E-state index < -0.39 is 10.0 Å². The van der Waals surface area contributed by atoms with Gasteiger partial charge in [-0.25, -0.2) is 8.42 Å². The van der Waals surface area contributed by atoms with Gasteiger partial charge in [-0.1, -0.05) is 18.2 Å². The number of hydrogen-bond acceptors (Lipinski definition) is 7. The normalized spacial score (nSPS) is 18.9. The van der Waals surface area contributed by atoms with Gasteiger partial charge in [0.15, 0.2) is 0 Å². The van der Waals surface area contributed by atoms with Gasteiger partial charge in [0.2, 0.25) is 0 Å². The van der Waals surface area contributed by atoms with Gasteiger partial charge in [-0.3, -0.25) is 19.4 Å². The lowest BCUT2D eigenvalue weighted by Crippen LogP contribution is -2.49. The Labute approximate surface area is 211 Å². The highest BCUT2D eigenvalue weighted by Gasteiger charge is 2.26. The van der Waals surface area contributed by atoms with Gasteiger partial charge in [0, 0.05) is 56.5 Å². The number of aromatic nitrogens is 1.